The van der Waals surface area contributed by atoms with Gasteiger partial charge in [0.25, 0.3) is 0 Å². The summed E-state index contributed by atoms with van der Waals surface area (Å²) >= 11 is 1.76. The molecule has 0 aromatic carbocycles. The van der Waals surface area contributed by atoms with Crippen LogP contribution in [0.25, 0.3) is 0 Å². The van der Waals surface area contributed by atoms with Gasteiger partial charge in [0.05, 0.1) is 5.60 Å². The van der Waals surface area contributed by atoms with Crippen LogP contribution in [0.2, 0.25) is 0 Å². The van der Waals surface area contributed by atoms with Crippen LogP contribution in [0.1, 0.15) is 19.8 Å². The molecule has 2 aliphatic rings. The fourth-order valence-electron chi connectivity index (χ4n) is 1.81. The Hall–Kier alpha value is -0.220. The Morgan fingerprint density at radius 1 is 1.71 bits per heavy atom. The molecule has 0 spiro atoms. The van der Waals surface area contributed by atoms with Gasteiger partial charge in [-0.2, -0.15) is 11.8 Å². The molecular weight excluding hydrogens is 198 g/mol. The van der Waals surface area contributed by atoms with Gasteiger partial charge in [-0.1, -0.05) is 6.92 Å². The van der Waals surface area contributed by atoms with Crippen LogP contribution in [-0.2, 0) is 4.79 Å². The Bertz CT molecular complexity index is 238. The minimum Gasteiger partial charge on any atom is -0.387 e. The van der Waals surface area contributed by atoms with Gasteiger partial charge in [-0.15, -0.1) is 0 Å². The van der Waals surface area contributed by atoms with Gasteiger partial charge < -0.3 is 10.4 Å². The summed E-state index contributed by atoms with van der Waals surface area (Å²) < 4.78 is 0. The van der Waals surface area contributed by atoms with Crippen LogP contribution >= 0.6 is 11.8 Å². The molecule has 0 bridgehead atoms. The maximum absolute atomic E-state index is 11.5. The Kier molecular flexibility index (Phi) is 2.75. The number of hydrogen-bond donors (Lipinski definition) is 2. The zero-order valence-corrected chi connectivity index (χ0v) is 9.27. The third kappa shape index (κ3) is 2.23. The molecule has 2 N–H and O–H groups in total. The molecule has 2 rings (SSSR count). The average Bonchev–Trinajstić information content (AvgIpc) is 2.71. The molecule has 0 aromatic heterocycles. The molecule has 0 aromatic rings. The van der Waals surface area contributed by atoms with Gasteiger partial charge in [0, 0.05) is 18.2 Å². The molecule has 4 heteroatoms. The van der Waals surface area contributed by atoms with Crippen molar-refractivity contribution in [2.75, 3.05) is 18.1 Å². The smallest absolute Gasteiger partial charge is 0.223 e. The molecule has 1 heterocycles. The normalized spacial score (nSPS) is 41.0. The van der Waals surface area contributed by atoms with E-state index in [-0.39, 0.29) is 11.8 Å². The van der Waals surface area contributed by atoms with Gasteiger partial charge in [0.1, 0.15) is 0 Å². The zero-order valence-electron chi connectivity index (χ0n) is 8.45. The van der Waals surface area contributed by atoms with Crippen molar-refractivity contribution in [2.24, 2.45) is 11.8 Å². The number of hydrogen-bond acceptors (Lipinski definition) is 3. The lowest BCUT2D eigenvalue weighted by Gasteiger charge is -2.21. The van der Waals surface area contributed by atoms with Gasteiger partial charge in [-0.3, -0.25) is 4.79 Å². The van der Waals surface area contributed by atoms with E-state index in [9.17, 15) is 9.90 Å². The van der Waals surface area contributed by atoms with Crippen LogP contribution in [0.5, 0.6) is 0 Å². The minimum absolute atomic E-state index is 0.128. The minimum atomic E-state index is -0.640. The third-order valence-corrected chi connectivity index (χ3v) is 4.35. The molecule has 1 saturated heterocycles. The first kappa shape index (κ1) is 10.3. The Labute approximate surface area is 88.6 Å². The van der Waals surface area contributed by atoms with Crippen molar-refractivity contribution in [3.8, 4) is 0 Å². The summed E-state index contributed by atoms with van der Waals surface area (Å²) in [6, 6.07) is 0. The van der Waals surface area contributed by atoms with E-state index in [1.165, 1.54) is 0 Å². The molecule has 1 amide bonds. The molecule has 80 valence electrons. The van der Waals surface area contributed by atoms with Crippen molar-refractivity contribution in [3.05, 3.63) is 0 Å². The van der Waals surface area contributed by atoms with Crippen LogP contribution in [0.15, 0.2) is 0 Å². The Morgan fingerprint density at radius 2 is 2.43 bits per heavy atom. The maximum atomic E-state index is 11.5. The van der Waals surface area contributed by atoms with Crippen LogP contribution in [0, 0.1) is 11.8 Å². The summed E-state index contributed by atoms with van der Waals surface area (Å²) in [7, 11) is 0. The zero-order chi connectivity index (χ0) is 10.2. The number of amides is 1. The number of nitrogens with one attached hydrogen (secondary N) is 1. The largest absolute Gasteiger partial charge is 0.387 e. The molecule has 1 saturated carbocycles. The second kappa shape index (κ2) is 3.74. The van der Waals surface area contributed by atoms with Crippen molar-refractivity contribution >= 4 is 17.7 Å². The second-order valence-electron chi connectivity index (χ2n) is 4.56. The first-order valence-corrected chi connectivity index (χ1v) is 6.34. The highest BCUT2D eigenvalue weighted by molar-refractivity contribution is 7.99. The SMILES string of the molecule is CC1CC1C(=O)NCC1(O)CCSC1. The average molecular weight is 215 g/mol. The van der Waals surface area contributed by atoms with Gasteiger partial charge in [0.2, 0.25) is 5.91 Å². The Balaban J connectivity index is 1.73. The molecular formula is C10H17NO2S. The predicted molar refractivity (Wildman–Crippen MR) is 57.2 cm³/mol. The van der Waals surface area contributed by atoms with E-state index in [1.54, 1.807) is 11.8 Å². The van der Waals surface area contributed by atoms with E-state index in [4.69, 9.17) is 0 Å². The number of carbonyl (C=O) groups is 1. The molecule has 3 atom stereocenters. The van der Waals surface area contributed by atoms with Crippen molar-refractivity contribution in [2.45, 2.75) is 25.4 Å². The summed E-state index contributed by atoms with van der Waals surface area (Å²) in [5.41, 5.74) is -0.640. The highest BCUT2D eigenvalue weighted by atomic mass is 32.2. The van der Waals surface area contributed by atoms with E-state index < -0.39 is 5.60 Å². The van der Waals surface area contributed by atoms with Crippen LogP contribution in [-0.4, -0.2) is 34.7 Å². The fraction of sp³-hybridized carbons (Fsp3) is 0.900. The number of thioether (sulfide) groups is 1. The maximum Gasteiger partial charge on any atom is 0.223 e. The Morgan fingerprint density at radius 3 is 2.93 bits per heavy atom. The number of aliphatic hydroxyl groups is 1. The first-order valence-electron chi connectivity index (χ1n) is 5.19. The first-order chi connectivity index (χ1) is 6.61. The van der Waals surface area contributed by atoms with E-state index in [0.717, 1.165) is 24.3 Å². The highest BCUT2D eigenvalue weighted by Gasteiger charge is 2.40. The van der Waals surface area contributed by atoms with Crippen molar-refractivity contribution in [1.29, 1.82) is 0 Å². The van der Waals surface area contributed by atoms with Crippen molar-refractivity contribution < 1.29 is 9.90 Å². The van der Waals surface area contributed by atoms with Gasteiger partial charge in [-0.05, 0) is 24.5 Å². The van der Waals surface area contributed by atoms with Crippen LogP contribution in [0.4, 0.5) is 0 Å². The highest BCUT2D eigenvalue weighted by Crippen LogP contribution is 2.37. The fourth-order valence-corrected chi connectivity index (χ4v) is 3.10. The van der Waals surface area contributed by atoms with E-state index >= 15 is 0 Å². The number of rotatable bonds is 3. The van der Waals surface area contributed by atoms with Gasteiger partial charge >= 0.3 is 0 Å². The number of carbonyl (C=O) groups excluding carboxylic acids is 1. The lowest BCUT2D eigenvalue weighted by Crippen LogP contribution is -2.43. The molecule has 0 radical (unpaired) electrons. The summed E-state index contributed by atoms with van der Waals surface area (Å²) in [5, 5.41) is 12.8. The summed E-state index contributed by atoms with van der Waals surface area (Å²) in [6.07, 6.45) is 1.82. The summed E-state index contributed by atoms with van der Waals surface area (Å²) in [5.74, 6) is 2.65. The molecule has 3 nitrogen and oxygen atoms in total. The van der Waals surface area contributed by atoms with Gasteiger partial charge in [0.15, 0.2) is 0 Å². The van der Waals surface area contributed by atoms with E-state index in [0.29, 0.717) is 12.5 Å². The molecule has 1 aliphatic carbocycles. The monoisotopic (exact) mass is 215 g/mol. The van der Waals surface area contributed by atoms with E-state index in [2.05, 4.69) is 12.2 Å². The molecule has 2 fully saturated rings. The standard InChI is InChI=1S/C10H17NO2S/c1-7-4-8(7)9(12)11-5-10(13)2-3-14-6-10/h7-8,13H,2-6H2,1H3,(H,11,12). The lowest BCUT2D eigenvalue weighted by atomic mass is 10.0. The quantitative estimate of drug-likeness (QED) is 0.726. The topological polar surface area (TPSA) is 49.3 Å². The molecule has 14 heavy (non-hydrogen) atoms. The van der Waals surface area contributed by atoms with Crippen LogP contribution in [0.3, 0.4) is 0 Å². The lowest BCUT2D eigenvalue weighted by molar-refractivity contribution is -0.123. The van der Waals surface area contributed by atoms with Crippen molar-refractivity contribution in [3.63, 3.8) is 0 Å². The predicted octanol–water partition coefficient (Wildman–Crippen LogP) is 0.627. The molecule has 1 aliphatic heterocycles. The van der Waals surface area contributed by atoms with Crippen molar-refractivity contribution in [1.82, 2.24) is 5.32 Å². The second-order valence-corrected chi connectivity index (χ2v) is 5.67. The van der Waals surface area contributed by atoms with E-state index in [1.807, 2.05) is 0 Å². The van der Waals surface area contributed by atoms with Gasteiger partial charge in [-0.25, -0.2) is 0 Å². The summed E-state index contributed by atoms with van der Waals surface area (Å²) in [4.78, 5) is 11.5. The van der Waals surface area contributed by atoms with Crippen LogP contribution < -0.4 is 5.32 Å². The third-order valence-electron chi connectivity index (χ3n) is 3.12. The molecule has 3 unspecified atom stereocenters. The summed E-state index contributed by atoms with van der Waals surface area (Å²) in [6.45, 7) is 2.52.